The van der Waals surface area contributed by atoms with E-state index in [1.165, 1.54) is 35.5 Å². The summed E-state index contributed by atoms with van der Waals surface area (Å²) in [5.41, 5.74) is 1.36. The van der Waals surface area contributed by atoms with E-state index in [-0.39, 0.29) is 0 Å². The van der Waals surface area contributed by atoms with Crippen LogP contribution in [0.3, 0.4) is 0 Å². The van der Waals surface area contributed by atoms with Crippen LogP contribution in [0.15, 0.2) is 29.2 Å². The van der Waals surface area contributed by atoms with Gasteiger partial charge in [-0.25, -0.2) is 0 Å². The van der Waals surface area contributed by atoms with Crippen LogP contribution in [0.1, 0.15) is 31.7 Å². The molecule has 1 aromatic carbocycles. The van der Waals surface area contributed by atoms with Crippen molar-refractivity contribution in [2.75, 3.05) is 12.3 Å². The number of aryl methyl sites for hydroxylation is 1. The third-order valence-electron chi connectivity index (χ3n) is 3.60. The normalized spacial score (nSPS) is 17.8. The lowest BCUT2D eigenvalue weighted by molar-refractivity contribution is 0.246. The van der Waals surface area contributed by atoms with E-state index in [9.17, 15) is 0 Å². The van der Waals surface area contributed by atoms with Gasteiger partial charge in [0.15, 0.2) is 0 Å². The summed E-state index contributed by atoms with van der Waals surface area (Å²) in [6, 6.07) is 9.54. The standard InChI is InChI=1S/C15H23NS/c1-3-16-15(13-7-5-8-13)11-17-14-9-4-6-12(2)10-14/h4,6,9-10,13,15-16H,3,5,7-8,11H2,1-2H3. The zero-order chi connectivity index (χ0) is 12.1. The predicted molar refractivity (Wildman–Crippen MR) is 76.7 cm³/mol. The van der Waals surface area contributed by atoms with E-state index in [1.54, 1.807) is 0 Å². The summed E-state index contributed by atoms with van der Waals surface area (Å²) in [7, 11) is 0. The zero-order valence-corrected chi connectivity index (χ0v) is 11.7. The van der Waals surface area contributed by atoms with Gasteiger partial charge in [0.2, 0.25) is 0 Å². The topological polar surface area (TPSA) is 12.0 Å². The summed E-state index contributed by atoms with van der Waals surface area (Å²) in [5.74, 6) is 2.13. The average molecular weight is 249 g/mol. The minimum atomic E-state index is 0.708. The summed E-state index contributed by atoms with van der Waals surface area (Å²) >= 11 is 2.00. The number of thioether (sulfide) groups is 1. The van der Waals surface area contributed by atoms with Crippen LogP contribution in [0.5, 0.6) is 0 Å². The van der Waals surface area contributed by atoms with Gasteiger partial charge in [-0.15, -0.1) is 11.8 Å². The van der Waals surface area contributed by atoms with E-state index in [1.807, 2.05) is 11.8 Å². The maximum Gasteiger partial charge on any atom is 0.0189 e. The average Bonchev–Trinajstić information content (AvgIpc) is 2.24. The molecule has 0 amide bonds. The molecule has 1 aromatic rings. The Morgan fingerprint density at radius 2 is 2.24 bits per heavy atom. The maximum atomic E-state index is 3.65. The summed E-state index contributed by atoms with van der Waals surface area (Å²) < 4.78 is 0. The third-order valence-corrected chi connectivity index (χ3v) is 4.72. The molecule has 1 atom stereocenters. The van der Waals surface area contributed by atoms with Crippen LogP contribution in [-0.4, -0.2) is 18.3 Å². The molecule has 2 rings (SSSR count). The highest BCUT2D eigenvalue weighted by Gasteiger charge is 2.26. The van der Waals surface area contributed by atoms with Gasteiger partial charge in [-0.3, -0.25) is 0 Å². The number of benzene rings is 1. The summed E-state index contributed by atoms with van der Waals surface area (Å²) in [5, 5.41) is 3.65. The Labute approximate surface area is 109 Å². The molecule has 2 heteroatoms. The molecule has 0 spiro atoms. The first-order valence-corrected chi connectivity index (χ1v) is 7.71. The van der Waals surface area contributed by atoms with Crippen molar-refractivity contribution in [2.24, 2.45) is 5.92 Å². The van der Waals surface area contributed by atoms with Crippen LogP contribution in [0, 0.1) is 12.8 Å². The lowest BCUT2D eigenvalue weighted by atomic mass is 9.80. The van der Waals surface area contributed by atoms with Gasteiger partial charge in [-0.05, 0) is 44.4 Å². The van der Waals surface area contributed by atoms with Crippen LogP contribution in [0.4, 0.5) is 0 Å². The molecule has 0 aliphatic heterocycles. The Kier molecular flexibility index (Phi) is 4.93. The summed E-state index contributed by atoms with van der Waals surface area (Å²) in [6.07, 6.45) is 4.28. The third kappa shape index (κ3) is 3.75. The summed E-state index contributed by atoms with van der Waals surface area (Å²) in [6.45, 7) is 5.47. The lowest BCUT2D eigenvalue weighted by Gasteiger charge is -2.34. The highest BCUT2D eigenvalue weighted by atomic mass is 32.2. The quantitative estimate of drug-likeness (QED) is 0.768. The van der Waals surface area contributed by atoms with Gasteiger partial charge in [0, 0.05) is 16.7 Å². The van der Waals surface area contributed by atoms with Crippen LogP contribution >= 0.6 is 11.8 Å². The van der Waals surface area contributed by atoms with Gasteiger partial charge in [-0.2, -0.15) is 0 Å². The lowest BCUT2D eigenvalue weighted by Crippen LogP contribution is -2.41. The molecule has 1 N–H and O–H groups in total. The van der Waals surface area contributed by atoms with Crippen LogP contribution in [-0.2, 0) is 0 Å². The van der Waals surface area contributed by atoms with Gasteiger partial charge in [0.1, 0.15) is 0 Å². The molecule has 1 aliphatic carbocycles. The molecular formula is C15H23NS. The fourth-order valence-corrected chi connectivity index (χ4v) is 3.56. The van der Waals surface area contributed by atoms with E-state index in [2.05, 4.69) is 43.4 Å². The molecule has 0 heterocycles. The first-order valence-electron chi connectivity index (χ1n) is 6.72. The molecular weight excluding hydrogens is 226 g/mol. The van der Waals surface area contributed by atoms with Crippen LogP contribution in [0.25, 0.3) is 0 Å². The molecule has 1 fully saturated rings. The molecule has 17 heavy (non-hydrogen) atoms. The SMILES string of the molecule is CCNC(CSc1cccc(C)c1)C1CCC1. The van der Waals surface area contributed by atoms with Gasteiger partial charge in [0.05, 0.1) is 0 Å². The fourth-order valence-electron chi connectivity index (χ4n) is 2.36. The first kappa shape index (κ1) is 13.0. The molecule has 1 saturated carbocycles. The molecule has 0 bridgehead atoms. The number of nitrogens with one attached hydrogen (secondary N) is 1. The molecule has 94 valence electrons. The number of rotatable bonds is 6. The Balaban J connectivity index is 1.85. The van der Waals surface area contributed by atoms with Crippen molar-refractivity contribution in [3.8, 4) is 0 Å². The van der Waals surface area contributed by atoms with E-state index < -0.39 is 0 Å². The summed E-state index contributed by atoms with van der Waals surface area (Å²) in [4.78, 5) is 1.41. The predicted octanol–water partition coefficient (Wildman–Crippen LogP) is 3.87. The van der Waals surface area contributed by atoms with E-state index in [0.717, 1.165) is 12.5 Å². The minimum Gasteiger partial charge on any atom is -0.313 e. The molecule has 1 aliphatic rings. The smallest absolute Gasteiger partial charge is 0.0189 e. The monoisotopic (exact) mass is 249 g/mol. The van der Waals surface area contributed by atoms with Gasteiger partial charge in [0.25, 0.3) is 0 Å². The van der Waals surface area contributed by atoms with Crippen molar-refractivity contribution >= 4 is 11.8 Å². The van der Waals surface area contributed by atoms with E-state index >= 15 is 0 Å². The second kappa shape index (κ2) is 6.46. The van der Waals surface area contributed by atoms with E-state index in [0.29, 0.717) is 6.04 Å². The Bertz CT molecular complexity index is 347. The second-order valence-electron chi connectivity index (χ2n) is 4.98. The Morgan fingerprint density at radius 1 is 1.41 bits per heavy atom. The van der Waals surface area contributed by atoms with Crippen molar-refractivity contribution in [1.29, 1.82) is 0 Å². The van der Waals surface area contributed by atoms with Crippen LogP contribution in [0.2, 0.25) is 0 Å². The Morgan fingerprint density at radius 3 is 2.82 bits per heavy atom. The molecule has 1 nitrogen and oxygen atoms in total. The van der Waals surface area contributed by atoms with Crippen molar-refractivity contribution in [3.63, 3.8) is 0 Å². The van der Waals surface area contributed by atoms with Gasteiger partial charge in [-0.1, -0.05) is 31.0 Å². The number of hydrogen-bond donors (Lipinski definition) is 1. The largest absolute Gasteiger partial charge is 0.313 e. The van der Waals surface area contributed by atoms with Crippen molar-refractivity contribution in [2.45, 2.75) is 44.0 Å². The highest BCUT2D eigenvalue weighted by Crippen LogP contribution is 2.32. The van der Waals surface area contributed by atoms with Gasteiger partial charge < -0.3 is 5.32 Å². The molecule has 0 radical (unpaired) electrons. The van der Waals surface area contributed by atoms with E-state index in [4.69, 9.17) is 0 Å². The van der Waals surface area contributed by atoms with Crippen molar-refractivity contribution < 1.29 is 0 Å². The molecule has 0 saturated heterocycles. The minimum absolute atomic E-state index is 0.708. The number of hydrogen-bond acceptors (Lipinski definition) is 2. The van der Waals surface area contributed by atoms with Crippen molar-refractivity contribution in [3.05, 3.63) is 29.8 Å². The van der Waals surface area contributed by atoms with Crippen molar-refractivity contribution in [1.82, 2.24) is 5.32 Å². The fraction of sp³-hybridized carbons (Fsp3) is 0.600. The zero-order valence-electron chi connectivity index (χ0n) is 10.9. The first-order chi connectivity index (χ1) is 8.29. The Hall–Kier alpha value is -0.470. The van der Waals surface area contributed by atoms with Gasteiger partial charge >= 0.3 is 0 Å². The molecule has 1 unspecified atom stereocenters. The molecule has 0 aromatic heterocycles. The highest BCUT2D eigenvalue weighted by molar-refractivity contribution is 7.99. The second-order valence-corrected chi connectivity index (χ2v) is 6.08. The van der Waals surface area contributed by atoms with Crippen LogP contribution < -0.4 is 5.32 Å². The maximum absolute atomic E-state index is 3.65.